The van der Waals surface area contributed by atoms with Crippen LogP contribution in [-0.4, -0.2) is 31.1 Å². The maximum Gasteiger partial charge on any atom is 0.142 e. The van der Waals surface area contributed by atoms with E-state index in [4.69, 9.17) is 11.6 Å². The minimum absolute atomic E-state index is 0. The van der Waals surface area contributed by atoms with Crippen molar-refractivity contribution in [3.63, 3.8) is 0 Å². The SMILES string of the molecule is C=CC[C@H](c1c(F)ccc(F)c1Cl)N1CCNCC1.Cl.Cl. The highest BCUT2D eigenvalue weighted by molar-refractivity contribution is 6.31. The summed E-state index contributed by atoms with van der Waals surface area (Å²) in [6.45, 7) is 6.94. The van der Waals surface area contributed by atoms with E-state index in [2.05, 4.69) is 16.8 Å². The first kappa shape index (κ1) is 20.6. The zero-order valence-electron chi connectivity index (χ0n) is 11.4. The van der Waals surface area contributed by atoms with Crippen LogP contribution in [0.4, 0.5) is 8.78 Å². The molecule has 1 saturated heterocycles. The molecule has 7 heteroatoms. The van der Waals surface area contributed by atoms with Crippen molar-refractivity contribution in [3.8, 4) is 0 Å². The predicted molar refractivity (Wildman–Crippen MR) is 87.9 cm³/mol. The zero-order valence-corrected chi connectivity index (χ0v) is 13.8. The van der Waals surface area contributed by atoms with Crippen LogP contribution in [-0.2, 0) is 0 Å². The summed E-state index contributed by atoms with van der Waals surface area (Å²) in [6, 6.07) is 1.93. The topological polar surface area (TPSA) is 15.3 Å². The minimum atomic E-state index is -0.581. The van der Waals surface area contributed by atoms with Crippen molar-refractivity contribution >= 4 is 36.4 Å². The van der Waals surface area contributed by atoms with Gasteiger partial charge in [-0.1, -0.05) is 17.7 Å². The number of halogens is 5. The largest absolute Gasteiger partial charge is 0.314 e. The smallest absolute Gasteiger partial charge is 0.142 e. The molecule has 0 saturated carbocycles. The summed E-state index contributed by atoms with van der Waals surface area (Å²) in [4.78, 5) is 2.11. The van der Waals surface area contributed by atoms with Crippen LogP contribution in [0.15, 0.2) is 24.8 Å². The van der Waals surface area contributed by atoms with Crippen molar-refractivity contribution in [2.75, 3.05) is 26.2 Å². The third kappa shape index (κ3) is 4.80. The Balaban J connectivity index is 0.00000200. The molecule has 1 N–H and O–H groups in total. The molecule has 0 amide bonds. The molecule has 21 heavy (non-hydrogen) atoms. The summed E-state index contributed by atoms with van der Waals surface area (Å²) in [5.74, 6) is -1.04. The van der Waals surface area contributed by atoms with Gasteiger partial charge in [-0.2, -0.15) is 0 Å². The fourth-order valence-corrected chi connectivity index (χ4v) is 2.73. The van der Waals surface area contributed by atoms with Crippen molar-refractivity contribution in [2.45, 2.75) is 12.5 Å². The van der Waals surface area contributed by atoms with Gasteiger partial charge in [0.25, 0.3) is 0 Å². The third-order valence-electron chi connectivity index (χ3n) is 3.39. The monoisotopic (exact) mass is 358 g/mol. The molecule has 0 aliphatic carbocycles. The minimum Gasteiger partial charge on any atom is -0.314 e. The Labute approximate surface area is 141 Å². The Morgan fingerprint density at radius 3 is 2.38 bits per heavy atom. The van der Waals surface area contributed by atoms with Crippen molar-refractivity contribution in [1.82, 2.24) is 10.2 Å². The Morgan fingerprint density at radius 1 is 1.24 bits per heavy atom. The highest BCUT2D eigenvalue weighted by Gasteiger charge is 2.27. The lowest BCUT2D eigenvalue weighted by atomic mass is 10.00. The number of benzene rings is 1. The molecule has 2 rings (SSSR count). The van der Waals surface area contributed by atoms with Crippen LogP contribution in [0.1, 0.15) is 18.0 Å². The van der Waals surface area contributed by atoms with Crippen LogP contribution in [0.25, 0.3) is 0 Å². The number of piperazine rings is 1. The first-order chi connectivity index (χ1) is 9.15. The molecule has 120 valence electrons. The van der Waals surface area contributed by atoms with E-state index >= 15 is 0 Å². The lowest BCUT2D eigenvalue weighted by Crippen LogP contribution is -2.45. The van der Waals surface area contributed by atoms with E-state index in [0.717, 1.165) is 38.3 Å². The molecule has 0 unspecified atom stereocenters. The van der Waals surface area contributed by atoms with Gasteiger partial charge >= 0.3 is 0 Å². The third-order valence-corrected chi connectivity index (χ3v) is 3.78. The summed E-state index contributed by atoms with van der Waals surface area (Å²) in [7, 11) is 0. The second-order valence-corrected chi connectivity index (χ2v) is 4.96. The zero-order chi connectivity index (χ0) is 13.8. The van der Waals surface area contributed by atoms with Crippen LogP contribution >= 0.6 is 36.4 Å². The summed E-state index contributed by atoms with van der Waals surface area (Å²) < 4.78 is 27.6. The van der Waals surface area contributed by atoms with E-state index in [1.807, 2.05) is 0 Å². The van der Waals surface area contributed by atoms with Crippen LogP contribution in [0, 0.1) is 11.6 Å². The van der Waals surface area contributed by atoms with Gasteiger partial charge in [-0.05, 0) is 18.6 Å². The van der Waals surface area contributed by atoms with E-state index in [1.54, 1.807) is 6.08 Å². The molecule has 1 atom stereocenters. The summed E-state index contributed by atoms with van der Waals surface area (Å²) in [5.41, 5.74) is 0.239. The van der Waals surface area contributed by atoms with Crippen LogP contribution < -0.4 is 5.32 Å². The van der Waals surface area contributed by atoms with Gasteiger partial charge in [0.1, 0.15) is 11.6 Å². The van der Waals surface area contributed by atoms with Crippen molar-refractivity contribution in [2.24, 2.45) is 0 Å². The van der Waals surface area contributed by atoms with Gasteiger partial charge in [0.05, 0.1) is 5.02 Å². The maximum atomic E-state index is 14.0. The second kappa shape index (κ2) is 9.59. The Morgan fingerprint density at radius 2 is 1.81 bits per heavy atom. The molecule has 2 nitrogen and oxygen atoms in total. The van der Waals surface area contributed by atoms with Crippen LogP contribution in [0.5, 0.6) is 0 Å². The molecule has 1 heterocycles. The molecule has 0 radical (unpaired) electrons. The number of nitrogens with one attached hydrogen (secondary N) is 1. The summed E-state index contributed by atoms with van der Waals surface area (Å²) >= 11 is 5.96. The molecule has 1 fully saturated rings. The lowest BCUT2D eigenvalue weighted by molar-refractivity contribution is 0.171. The van der Waals surface area contributed by atoms with E-state index in [-0.39, 0.29) is 41.4 Å². The van der Waals surface area contributed by atoms with Gasteiger partial charge in [0.2, 0.25) is 0 Å². The first-order valence-corrected chi connectivity index (χ1v) is 6.72. The van der Waals surface area contributed by atoms with Crippen LogP contribution in [0.3, 0.4) is 0 Å². The average molecular weight is 360 g/mol. The number of hydrogen-bond donors (Lipinski definition) is 1. The van der Waals surface area contributed by atoms with Gasteiger partial charge in [-0.15, -0.1) is 31.4 Å². The van der Waals surface area contributed by atoms with Gasteiger partial charge in [0.15, 0.2) is 0 Å². The van der Waals surface area contributed by atoms with Crippen molar-refractivity contribution < 1.29 is 8.78 Å². The molecule has 0 bridgehead atoms. The first-order valence-electron chi connectivity index (χ1n) is 6.34. The lowest BCUT2D eigenvalue weighted by Gasteiger charge is -2.35. The molecule has 0 aromatic heterocycles. The molecule has 1 aromatic rings. The second-order valence-electron chi connectivity index (χ2n) is 4.58. The normalized spacial score (nSPS) is 16.5. The van der Waals surface area contributed by atoms with E-state index < -0.39 is 11.6 Å². The Kier molecular flexibility index (Phi) is 9.41. The fourth-order valence-electron chi connectivity index (χ4n) is 2.45. The molecular weight excluding hydrogens is 341 g/mol. The summed E-state index contributed by atoms with van der Waals surface area (Å²) in [6.07, 6.45) is 2.26. The molecule has 1 aliphatic rings. The average Bonchev–Trinajstić information content (AvgIpc) is 2.43. The standard InChI is InChI=1S/C14H17ClF2N2.2ClH/c1-2-3-12(19-8-6-18-7-9-19)13-10(16)4-5-11(17)14(13)15;;/h2,4-5,12,18H,1,3,6-9H2;2*1H/t12-;;/m1../s1. The Bertz CT molecular complexity index is 466. The van der Waals surface area contributed by atoms with Gasteiger partial charge < -0.3 is 5.32 Å². The molecule has 1 aromatic carbocycles. The number of rotatable bonds is 4. The molecule has 1 aliphatic heterocycles. The van der Waals surface area contributed by atoms with Crippen molar-refractivity contribution in [1.29, 1.82) is 0 Å². The maximum absolute atomic E-state index is 14.0. The van der Waals surface area contributed by atoms with Crippen LogP contribution in [0.2, 0.25) is 5.02 Å². The quantitative estimate of drug-likeness (QED) is 0.646. The molecular formula is C14H19Cl3F2N2. The molecule has 0 spiro atoms. The van der Waals surface area contributed by atoms with Gasteiger partial charge in [0, 0.05) is 37.8 Å². The highest BCUT2D eigenvalue weighted by Crippen LogP contribution is 2.34. The van der Waals surface area contributed by atoms with E-state index in [9.17, 15) is 8.78 Å². The van der Waals surface area contributed by atoms with Gasteiger partial charge in [-0.3, -0.25) is 4.90 Å². The summed E-state index contributed by atoms with van der Waals surface area (Å²) in [5, 5.41) is 3.12. The number of nitrogens with zero attached hydrogens (tertiary/aromatic N) is 1. The highest BCUT2D eigenvalue weighted by atomic mass is 35.5. The fraction of sp³-hybridized carbons (Fsp3) is 0.429. The van der Waals surface area contributed by atoms with E-state index in [1.165, 1.54) is 0 Å². The Hall–Kier alpha value is -0.390. The predicted octanol–water partition coefficient (Wildman–Crippen LogP) is 3.98. The van der Waals surface area contributed by atoms with Gasteiger partial charge in [-0.25, -0.2) is 8.78 Å². The van der Waals surface area contributed by atoms with E-state index in [0.29, 0.717) is 6.42 Å². The number of hydrogen-bond acceptors (Lipinski definition) is 2. The van der Waals surface area contributed by atoms with Crippen molar-refractivity contribution in [3.05, 3.63) is 47.0 Å².